The van der Waals surface area contributed by atoms with E-state index in [-0.39, 0.29) is 35.5 Å². The molecule has 214 valence electrons. The molecule has 2 aliphatic carbocycles. The maximum atomic E-state index is 12.7. The van der Waals surface area contributed by atoms with Gasteiger partial charge in [-0.2, -0.15) is 5.10 Å². The summed E-state index contributed by atoms with van der Waals surface area (Å²) in [6, 6.07) is 7.73. The number of nitrogens with one attached hydrogen (secondary N) is 3. The van der Waals surface area contributed by atoms with Crippen LogP contribution in [0.4, 0.5) is 22.9 Å². The number of hydrogen-bond acceptors (Lipinski definition) is 9. The number of carbonyl (C=O) groups is 2. The van der Waals surface area contributed by atoms with Crippen molar-refractivity contribution in [3.8, 4) is 11.1 Å². The quantitative estimate of drug-likeness (QED) is 0.413. The minimum absolute atomic E-state index is 0.00405. The summed E-state index contributed by atoms with van der Waals surface area (Å²) in [7, 11) is 3.61. The van der Waals surface area contributed by atoms with Crippen LogP contribution in [0.15, 0.2) is 30.5 Å². The molecule has 1 saturated heterocycles. The Morgan fingerprint density at radius 3 is 2.63 bits per heavy atom. The van der Waals surface area contributed by atoms with Crippen molar-refractivity contribution in [2.45, 2.75) is 56.9 Å². The highest BCUT2D eigenvalue weighted by Gasteiger charge is 2.51. The van der Waals surface area contributed by atoms with Crippen LogP contribution in [0.25, 0.3) is 11.1 Å². The van der Waals surface area contributed by atoms with Gasteiger partial charge in [0.05, 0.1) is 48.2 Å². The third-order valence-corrected chi connectivity index (χ3v) is 8.78. The second kappa shape index (κ2) is 9.81. The lowest BCUT2D eigenvalue weighted by Gasteiger charge is -2.38. The first-order valence-corrected chi connectivity index (χ1v) is 14.3. The molecule has 0 bridgehead atoms. The summed E-state index contributed by atoms with van der Waals surface area (Å²) in [5.74, 6) is -0.736. The van der Waals surface area contributed by atoms with E-state index in [1.54, 1.807) is 13.1 Å². The zero-order valence-corrected chi connectivity index (χ0v) is 23.4. The summed E-state index contributed by atoms with van der Waals surface area (Å²) in [4.78, 5) is 27.3. The lowest BCUT2D eigenvalue weighted by Crippen LogP contribution is -2.39. The highest BCUT2D eigenvalue weighted by atomic mass is 16.7. The Morgan fingerprint density at radius 2 is 1.88 bits per heavy atom. The van der Waals surface area contributed by atoms with Crippen LogP contribution in [-0.2, 0) is 14.3 Å². The largest absolute Gasteiger partial charge is 0.364 e. The highest BCUT2D eigenvalue weighted by Crippen LogP contribution is 2.52. The molecule has 3 aromatic rings. The van der Waals surface area contributed by atoms with Crippen LogP contribution >= 0.6 is 0 Å². The van der Waals surface area contributed by atoms with Gasteiger partial charge in [0.25, 0.3) is 5.91 Å². The lowest BCUT2D eigenvalue weighted by atomic mass is 9.93. The molecular weight excluding hydrogens is 524 g/mol. The van der Waals surface area contributed by atoms with Crippen molar-refractivity contribution in [2.75, 3.05) is 42.8 Å². The first-order chi connectivity index (χ1) is 19.9. The summed E-state index contributed by atoms with van der Waals surface area (Å²) in [5, 5.41) is 22.0. The Morgan fingerprint density at radius 1 is 1.07 bits per heavy atom. The van der Waals surface area contributed by atoms with Crippen LogP contribution < -0.4 is 20.9 Å². The fourth-order valence-corrected chi connectivity index (χ4v) is 6.46. The minimum atomic E-state index is -0.598. The molecule has 3 fully saturated rings. The molecule has 41 heavy (non-hydrogen) atoms. The summed E-state index contributed by atoms with van der Waals surface area (Å²) < 4.78 is 14.4. The Hall–Kier alpha value is -4.03. The maximum absolute atomic E-state index is 12.7. The van der Waals surface area contributed by atoms with Crippen molar-refractivity contribution >= 4 is 34.7 Å². The Bertz CT molecular complexity index is 1520. The van der Waals surface area contributed by atoms with Crippen molar-refractivity contribution in [3.63, 3.8) is 0 Å². The van der Waals surface area contributed by atoms with Crippen molar-refractivity contribution in [3.05, 3.63) is 41.9 Å². The van der Waals surface area contributed by atoms with Gasteiger partial charge >= 0.3 is 0 Å². The average molecular weight is 559 g/mol. The first kappa shape index (κ1) is 25.9. The molecule has 1 aromatic carbocycles. The predicted octanol–water partition coefficient (Wildman–Crippen LogP) is 3.77. The third-order valence-electron chi connectivity index (χ3n) is 8.78. The lowest BCUT2D eigenvalue weighted by molar-refractivity contribution is -0.178. The molecule has 12 heteroatoms. The van der Waals surface area contributed by atoms with Crippen LogP contribution in [0.1, 0.15) is 67.3 Å². The normalized spacial score (nSPS) is 22.4. The zero-order chi connectivity index (χ0) is 28.3. The smallest absolute Gasteiger partial charge is 0.273 e. The van der Waals surface area contributed by atoms with Crippen molar-refractivity contribution in [1.29, 1.82) is 0 Å². The van der Waals surface area contributed by atoms with E-state index in [1.807, 2.05) is 18.3 Å². The molecule has 4 heterocycles. The van der Waals surface area contributed by atoms with Gasteiger partial charge in [0.1, 0.15) is 6.04 Å². The second-order valence-electron chi connectivity index (χ2n) is 11.3. The van der Waals surface area contributed by atoms with Crippen LogP contribution in [-0.4, -0.2) is 64.9 Å². The molecule has 3 N–H and O–H groups in total. The van der Waals surface area contributed by atoms with E-state index in [4.69, 9.17) is 14.6 Å². The first-order valence-electron chi connectivity index (χ1n) is 14.3. The van der Waals surface area contributed by atoms with Crippen LogP contribution in [0.3, 0.4) is 0 Å². The number of nitrogens with zero attached hydrogens (tertiary/aromatic N) is 5. The summed E-state index contributed by atoms with van der Waals surface area (Å²) >= 11 is 0. The summed E-state index contributed by atoms with van der Waals surface area (Å²) in [6.45, 7) is 3.40. The Balaban J connectivity index is 1.27. The number of benzene rings is 1. The van der Waals surface area contributed by atoms with Gasteiger partial charge in [-0.05, 0) is 38.7 Å². The van der Waals surface area contributed by atoms with E-state index in [2.05, 4.69) is 55.8 Å². The van der Waals surface area contributed by atoms with Gasteiger partial charge in [-0.25, -0.2) is 0 Å². The number of para-hydroxylation sites is 1. The molecule has 0 radical (unpaired) electrons. The van der Waals surface area contributed by atoms with E-state index in [1.165, 1.54) is 0 Å². The van der Waals surface area contributed by atoms with E-state index in [0.717, 1.165) is 60.3 Å². The predicted molar refractivity (Wildman–Crippen MR) is 152 cm³/mol. The maximum Gasteiger partial charge on any atom is 0.273 e. The van der Waals surface area contributed by atoms with Crippen molar-refractivity contribution in [1.82, 2.24) is 25.3 Å². The monoisotopic (exact) mass is 558 g/mol. The SMILES string of the molecule is CNC(=O)c1nnc(NC(=O)C2CC2)cc1Nc1cccc2c1N(C)[C@H](C)c1c-2cnn1C1CCCC12OCCO2. The Kier molecular flexibility index (Phi) is 6.20. The zero-order valence-electron chi connectivity index (χ0n) is 23.4. The van der Waals surface area contributed by atoms with E-state index < -0.39 is 5.79 Å². The van der Waals surface area contributed by atoms with E-state index >= 15 is 0 Å². The third kappa shape index (κ3) is 4.24. The van der Waals surface area contributed by atoms with Gasteiger partial charge in [0.15, 0.2) is 17.3 Å². The molecule has 4 aliphatic rings. The number of fused-ring (bicyclic) bond motifs is 3. The molecule has 1 spiro atoms. The molecule has 2 amide bonds. The summed E-state index contributed by atoms with van der Waals surface area (Å²) in [5.41, 5.74) is 5.58. The topological polar surface area (TPSA) is 136 Å². The van der Waals surface area contributed by atoms with E-state index in [0.29, 0.717) is 24.7 Å². The highest BCUT2D eigenvalue weighted by molar-refractivity contribution is 6.01. The second-order valence-corrected chi connectivity index (χ2v) is 11.3. The van der Waals surface area contributed by atoms with Gasteiger partial charge < -0.3 is 30.3 Å². The fraction of sp³-hybridized carbons (Fsp3) is 0.483. The Labute approximate surface area is 237 Å². The molecule has 2 saturated carbocycles. The molecule has 2 aromatic heterocycles. The standard InChI is InChI=1S/C29H34N8O4/c1-16-25-19(15-31-37(25)22-8-5-11-29(22)40-12-13-41-29)18-6-4-7-20(26(18)36(16)3)32-21-14-23(33-27(38)17-9-10-17)34-35-24(21)28(39)30-2/h4,6-7,14-17,22H,5,8-13H2,1-3H3,(H,30,39)(H2,32,33,34,38)/t16-,22?/m1/s1. The van der Waals surface area contributed by atoms with Crippen molar-refractivity contribution < 1.29 is 19.1 Å². The van der Waals surface area contributed by atoms with Crippen LogP contribution in [0.5, 0.6) is 0 Å². The number of aromatic nitrogens is 4. The van der Waals surface area contributed by atoms with Crippen LogP contribution in [0, 0.1) is 5.92 Å². The molecule has 7 rings (SSSR count). The number of amides is 2. The fourth-order valence-electron chi connectivity index (χ4n) is 6.46. The molecule has 2 atom stereocenters. The number of rotatable bonds is 6. The molecular formula is C29H34N8O4. The van der Waals surface area contributed by atoms with Gasteiger partial charge in [-0.1, -0.05) is 12.1 Å². The number of hydrogen-bond donors (Lipinski definition) is 3. The van der Waals surface area contributed by atoms with Gasteiger partial charge in [0, 0.05) is 43.6 Å². The van der Waals surface area contributed by atoms with Gasteiger partial charge in [-0.15, -0.1) is 10.2 Å². The average Bonchev–Trinajstić information content (AvgIpc) is 3.36. The number of anilines is 4. The molecule has 12 nitrogen and oxygen atoms in total. The molecule has 1 unspecified atom stereocenters. The van der Waals surface area contributed by atoms with Crippen LogP contribution in [0.2, 0.25) is 0 Å². The van der Waals surface area contributed by atoms with Gasteiger partial charge in [-0.3, -0.25) is 14.3 Å². The number of ether oxygens (including phenoxy) is 2. The number of carbonyl (C=O) groups excluding carboxylic acids is 2. The van der Waals surface area contributed by atoms with E-state index in [9.17, 15) is 9.59 Å². The molecule has 2 aliphatic heterocycles. The van der Waals surface area contributed by atoms with Gasteiger partial charge in [0.2, 0.25) is 5.91 Å². The summed E-state index contributed by atoms with van der Waals surface area (Å²) in [6.07, 6.45) is 6.56. The minimum Gasteiger partial charge on any atom is -0.364 e. The van der Waals surface area contributed by atoms with Crippen molar-refractivity contribution in [2.24, 2.45) is 5.92 Å².